The van der Waals surface area contributed by atoms with E-state index in [0.29, 0.717) is 19.2 Å². The minimum absolute atomic E-state index is 0.563. The van der Waals surface area contributed by atoms with E-state index in [2.05, 4.69) is 17.1 Å². The monoisotopic (exact) mass is 340 g/mol. The predicted octanol–water partition coefficient (Wildman–Crippen LogP) is 3.92. The summed E-state index contributed by atoms with van der Waals surface area (Å²) in [6.45, 7) is 4.78. The Morgan fingerprint density at radius 2 is 1.84 bits per heavy atom. The number of nitrogens with zero attached hydrogens (tertiary/aromatic N) is 2. The largest absolute Gasteiger partial charge is 0.492 e. The highest BCUT2D eigenvalue weighted by Gasteiger charge is 2.09. The summed E-state index contributed by atoms with van der Waals surface area (Å²) in [5.41, 5.74) is 2.92. The second-order valence-corrected chi connectivity index (χ2v) is 5.83. The third-order valence-electron chi connectivity index (χ3n) is 3.97. The van der Waals surface area contributed by atoms with Crippen molar-refractivity contribution in [3.8, 4) is 5.75 Å². The lowest BCUT2D eigenvalue weighted by atomic mass is 10.1. The highest BCUT2D eigenvalue weighted by Crippen LogP contribution is 2.20. The molecule has 1 aromatic heterocycles. The van der Waals surface area contributed by atoms with Crippen LogP contribution >= 0.6 is 0 Å². The van der Waals surface area contributed by atoms with Gasteiger partial charge in [0, 0.05) is 13.7 Å². The molecule has 0 N–H and O–H groups in total. The van der Waals surface area contributed by atoms with Crippen molar-refractivity contribution in [2.24, 2.45) is 0 Å². The van der Waals surface area contributed by atoms with Gasteiger partial charge < -0.3 is 18.8 Å². The van der Waals surface area contributed by atoms with Crippen LogP contribution in [0.4, 0.5) is 6.01 Å². The van der Waals surface area contributed by atoms with E-state index in [9.17, 15) is 0 Å². The maximum atomic E-state index is 5.81. The van der Waals surface area contributed by atoms with E-state index in [1.54, 1.807) is 0 Å². The summed E-state index contributed by atoms with van der Waals surface area (Å²) in [5, 5.41) is 0. The molecule has 25 heavy (non-hydrogen) atoms. The normalized spacial score (nSPS) is 11.0. The van der Waals surface area contributed by atoms with Crippen molar-refractivity contribution in [1.82, 2.24) is 4.98 Å². The minimum Gasteiger partial charge on any atom is -0.492 e. The number of oxazole rings is 1. The number of benzene rings is 2. The first-order chi connectivity index (χ1) is 12.3. The fourth-order valence-corrected chi connectivity index (χ4v) is 2.51. The molecule has 1 heterocycles. The molecular weight excluding hydrogens is 316 g/mol. The molecular formula is C20H24N2O3. The lowest BCUT2D eigenvalue weighted by Crippen LogP contribution is -2.23. The molecule has 0 fully saturated rings. The van der Waals surface area contributed by atoms with Crippen molar-refractivity contribution < 1.29 is 13.9 Å². The van der Waals surface area contributed by atoms with E-state index in [4.69, 9.17) is 13.9 Å². The molecule has 0 atom stereocenters. The molecule has 0 unspecified atom stereocenters. The number of anilines is 1. The fourth-order valence-electron chi connectivity index (χ4n) is 2.51. The number of likely N-dealkylation sites (N-methyl/N-ethyl adjacent to an activating group) is 1. The van der Waals surface area contributed by atoms with Crippen LogP contribution in [0.3, 0.4) is 0 Å². The first-order valence-electron chi connectivity index (χ1n) is 8.62. The van der Waals surface area contributed by atoms with E-state index in [-0.39, 0.29) is 0 Å². The molecule has 0 spiro atoms. The maximum absolute atomic E-state index is 5.81. The van der Waals surface area contributed by atoms with Gasteiger partial charge in [-0.2, -0.15) is 4.98 Å². The van der Waals surface area contributed by atoms with Gasteiger partial charge in [-0.25, -0.2) is 0 Å². The number of fused-ring (bicyclic) bond motifs is 1. The SMILES string of the molecule is CCOCCc1ccc(OCCN(C)c2nc3ccccc3o2)cc1. The maximum Gasteiger partial charge on any atom is 0.298 e. The molecule has 0 amide bonds. The van der Waals surface area contributed by atoms with Crippen LogP contribution in [-0.4, -0.2) is 38.4 Å². The molecule has 0 saturated heterocycles. The van der Waals surface area contributed by atoms with Crippen molar-refractivity contribution >= 4 is 17.1 Å². The Morgan fingerprint density at radius 3 is 2.60 bits per heavy atom. The van der Waals surface area contributed by atoms with Gasteiger partial charge in [0.25, 0.3) is 6.01 Å². The van der Waals surface area contributed by atoms with Crippen molar-refractivity contribution in [3.05, 3.63) is 54.1 Å². The number of hydrogen-bond donors (Lipinski definition) is 0. The Bertz CT molecular complexity index is 750. The summed E-state index contributed by atoms with van der Waals surface area (Å²) in [7, 11) is 1.95. The summed E-state index contributed by atoms with van der Waals surface area (Å²) in [6, 6.07) is 16.5. The topological polar surface area (TPSA) is 47.7 Å². The first-order valence-corrected chi connectivity index (χ1v) is 8.62. The Kier molecular flexibility index (Phi) is 5.90. The number of ether oxygens (including phenoxy) is 2. The van der Waals surface area contributed by atoms with E-state index < -0.39 is 0 Å². The average molecular weight is 340 g/mol. The van der Waals surface area contributed by atoms with Gasteiger partial charge in [0.2, 0.25) is 0 Å². The summed E-state index contributed by atoms with van der Waals surface area (Å²) in [6.07, 6.45) is 0.925. The van der Waals surface area contributed by atoms with Gasteiger partial charge in [-0.1, -0.05) is 24.3 Å². The fraction of sp³-hybridized carbons (Fsp3) is 0.350. The Labute approximate surface area is 148 Å². The van der Waals surface area contributed by atoms with E-state index in [1.165, 1.54) is 5.56 Å². The molecule has 0 aliphatic rings. The zero-order valence-electron chi connectivity index (χ0n) is 14.8. The molecule has 0 aliphatic heterocycles. The van der Waals surface area contributed by atoms with Crippen LogP contribution in [0.15, 0.2) is 52.9 Å². The van der Waals surface area contributed by atoms with Gasteiger partial charge in [-0.05, 0) is 43.2 Å². The van der Waals surface area contributed by atoms with Gasteiger partial charge in [0.1, 0.15) is 17.9 Å². The van der Waals surface area contributed by atoms with Gasteiger partial charge in [-0.3, -0.25) is 0 Å². The standard InChI is InChI=1S/C20H24N2O3/c1-3-23-14-12-16-8-10-17(11-9-16)24-15-13-22(2)20-21-18-6-4-5-7-19(18)25-20/h4-11H,3,12-15H2,1-2H3. The van der Waals surface area contributed by atoms with Crippen molar-refractivity contribution in [2.45, 2.75) is 13.3 Å². The molecule has 3 rings (SSSR count). The van der Waals surface area contributed by atoms with Crippen LogP contribution in [0, 0.1) is 0 Å². The molecule has 5 heteroatoms. The molecule has 3 aromatic rings. The number of rotatable bonds is 9. The minimum atomic E-state index is 0.563. The number of hydrogen-bond acceptors (Lipinski definition) is 5. The highest BCUT2D eigenvalue weighted by molar-refractivity contribution is 5.74. The van der Waals surface area contributed by atoms with E-state index in [1.807, 2.05) is 55.3 Å². The lowest BCUT2D eigenvalue weighted by molar-refractivity contribution is 0.151. The Morgan fingerprint density at radius 1 is 1.04 bits per heavy atom. The Balaban J connectivity index is 1.47. The average Bonchev–Trinajstić information content (AvgIpc) is 3.07. The van der Waals surface area contributed by atoms with Crippen molar-refractivity contribution in [1.29, 1.82) is 0 Å². The second kappa shape index (κ2) is 8.53. The number of para-hydroxylation sites is 2. The van der Waals surface area contributed by atoms with Crippen molar-refractivity contribution in [2.75, 3.05) is 38.3 Å². The zero-order chi connectivity index (χ0) is 17.5. The highest BCUT2D eigenvalue weighted by atomic mass is 16.5. The molecule has 0 saturated carbocycles. The van der Waals surface area contributed by atoms with Crippen LogP contribution in [0.2, 0.25) is 0 Å². The second-order valence-electron chi connectivity index (χ2n) is 5.83. The summed E-state index contributed by atoms with van der Waals surface area (Å²) in [4.78, 5) is 6.43. The van der Waals surface area contributed by atoms with Gasteiger partial charge in [0.05, 0.1) is 13.2 Å². The smallest absolute Gasteiger partial charge is 0.298 e. The van der Waals surface area contributed by atoms with Crippen molar-refractivity contribution in [3.63, 3.8) is 0 Å². The molecule has 0 radical (unpaired) electrons. The third-order valence-corrected chi connectivity index (χ3v) is 3.97. The zero-order valence-corrected chi connectivity index (χ0v) is 14.8. The summed E-state index contributed by atoms with van der Waals surface area (Å²) < 4.78 is 16.9. The number of aromatic nitrogens is 1. The third kappa shape index (κ3) is 4.73. The lowest BCUT2D eigenvalue weighted by Gasteiger charge is -2.15. The quantitative estimate of drug-likeness (QED) is 0.553. The predicted molar refractivity (Wildman–Crippen MR) is 99.4 cm³/mol. The van der Waals surface area contributed by atoms with Crippen LogP contribution in [0.25, 0.3) is 11.1 Å². The Hall–Kier alpha value is -2.53. The van der Waals surface area contributed by atoms with Gasteiger partial charge >= 0.3 is 0 Å². The van der Waals surface area contributed by atoms with Crippen LogP contribution in [-0.2, 0) is 11.2 Å². The summed E-state index contributed by atoms with van der Waals surface area (Å²) >= 11 is 0. The molecule has 0 aliphatic carbocycles. The molecule has 5 nitrogen and oxygen atoms in total. The van der Waals surface area contributed by atoms with Crippen LogP contribution in [0.5, 0.6) is 5.75 Å². The summed E-state index contributed by atoms with van der Waals surface area (Å²) in [5.74, 6) is 0.867. The van der Waals surface area contributed by atoms with Gasteiger partial charge in [0.15, 0.2) is 5.58 Å². The van der Waals surface area contributed by atoms with Gasteiger partial charge in [-0.15, -0.1) is 0 Å². The van der Waals surface area contributed by atoms with Crippen LogP contribution < -0.4 is 9.64 Å². The molecule has 2 aromatic carbocycles. The van der Waals surface area contributed by atoms with E-state index >= 15 is 0 Å². The molecule has 0 bridgehead atoms. The molecule has 132 valence electrons. The van der Waals surface area contributed by atoms with E-state index in [0.717, 1.165) is 36.5 Å². The first kappa shape index (κ1) is 17.3. The van der Waals surface area contributed by atoms with Crippen LogP contribution in [0.1, 0.15) is 12.5 Å².